The molecule has 0 bridgehead atoms. The van der Waals surface area contributed by atoms with E-state index in [0.29, 0.717) is 6.61 Å². The highest BCUT2D eigenvalue weighted by Crippen LogP contribution is 2.31. The van der Waals surface area contributed by atoms with E-state index in [-0.39, 0.29) is 6.04 Å². The summed E-state index contributed by atoms with van der Waals surface area (Å²) in [7, 11) is 0. The molecule has 1 aliphatic rings. The maximum absolute atomic E-state index is 5.92. The normalized spacial score (nSPS) is 18.7. The highest BCUT2D eigenvalue weighted by Gasteiger charge is 2.18. The third-order valence-electron chi connectivity index (χ3n) is 2.56. The first kappa shape index (κ1) is 9.11. The number of terminal acetylenes is 1. The Hall–Kier alpha value is -1.46. The Kier molecular flexibility index (Phi) is 2.43. The van der Waals surface area contributed by atoms with Crippen molar-refractivity contribution in [3.8, 4) is 18.1 Å². The van der Waals surface area contributed by atoms with Crippen LogP contribution in [0.1, 0.15) is 23.6 Å². The molecule has 0 saturated heterocycles. The number of benzene rings is 1. The van der Waals surface area contributed by atoms with Crippen LogP contribution in [0.5, 0.6) is 5.75 Å². The molecule has 72 valence electrons. The minimum atomic E-state index is 0.201. The smallest absolute Gasteiger partial charge is 0.148 e. The molecule has 2 N–H and O–H groups in total. The summed E-state index contributed by atoms with van der Waals surface area (Å²) < 4.78 is 5.34. The monoisotopic (exact) mass is 187 g/mol. The van der Waals surface area contributed by atoms with Crippen LogP contribution in [0.25, 0.3) is 0 Å². The number of nitrogens with two attached hydrogens (primary N) is 1. The SMILES string of the molecule is C#CCOc1ccc2c(c1)CCC2N. The van der Waals surface area contributed by atoms with Crippen molar-refractivity contribution < 1.29 is 4.74 Å². The average molecular weight is 187 g/mol. The van der Waals surface area contributed by atoms with Gasteiger partial charge in [0, 0.05) is 6.04 Å². The Balaban J connectivity index is 2.20. The zero-order valence-electron chi connectivity index (χ0n) is 7.99. The van der Waals surface area contributed by atoms with E-state index in [2.05, 4.69) is 5.92 Å². The Labute approximate surface area is 84.1 Å². The predicted molar refractivity (Wildman–Crippen MR) is 56.0 cm³/mol. The number of aryl methyl sites for hydroxylation is 1. The molecule has 1 aromatic rings. The van der Waals surface area contributed by atoms with Crippen LogP contribution in [0.3, 0.4) is 0 Å². The van der Waals surface area contributed by atoms with Crippen LogP contribution in [-0.4, -0.2) is 6.61 Å². The molecule has 1 atom stereocenters. The first-order valence-corrected chi connectivity index (χ1v) is 4.76. The highest BCUT2D eigenvalue weighted by molar-refractivity contribution is 5.40. The van der Waals surface area contributed by atoms with Gasteiger partial charge in [-0.05, 0) is 36.1 Å². The summed E-state index contributed by atoms with van der Waals surface area (Å²) in [6, 6.07) is 6.21. The van der Waals surface area contributed by atoms with Crippen molar-refractivity contribution >= 4 is 0 Å². The van der Waals surface area contributed by atoms with Crippen molar-refractivity contribution in [1.29, 1.82) is 0 Å². The first-order chi connectivity index (χ1) is 6.81. The third-order valence-corrected chi connectivity index (χ3v) is 2.56. The number of ether oxygens (including phenoxy) is 1. The van der Waals surface area contributed by atoms with Gasteiger partial charge in [-0.1, -0.05) is 12.0 Å². The molecule has 2 nitrogen and oxygen atoms in total. The minimum Gasteiger partial charge on any atom is -0.481 e. The second kappa shape index (κ2) is 3.73. The highest BCUT2D eigenvalue weighted by atomic mass is 16.5. The van der Waals surface area contributed by atoms with Crippen LogP contribution in [0, 0.1) is 12.3 Å². The van der Waals surface area contributed by atoms with Gasteiger partial charge in [-0.3, -0.25) is 0 Å². The van der Waals surface area contributed by atoms with Crippen LogP contribution in [0.2, 0.25) is 0 Å². The molecule has 0 aliphatic heterocycles. The second-order valence-corrected chi connectivity index (χ2v) is 3.50. The van der Waals surface area contributed by atoms with Crippen LogP contribution in [0.4, 0.5) is 0 Å². The summed E-state index contributed by atoms with van der Waals surface area (Å²) in [5, 5.41) is 0. The fourth-order valence-corrected chi connectivity index (χ4v) is 1.84. The van der Waals surface area contributed by atoms with Crippen LogP contribution < -0.4 is 10.5 Å². The van der Waals surface area contributed by atoms with Gasteiger partial charge in [-0.25, -0.2) is 0 Å². The van der Waals surface area contributed by atoms with Crippen LogP contribution >= 0.6 is 0 Å². The lowest BCUT2D eigenvalue weighted by Crippen LogP contribution is -2.05. The first-order valence-electron chi connectivity index (χ1n) is 4.76. The van der Waals surface area contributed by atoms with E-state index in [0.717, 1.165) is 18.6 Å². The largest absolute Gasteiger partial charge is 0.481 e. The molecule has 0 spiro atoms. The molecule has 1 aliphatic carbocycles. The number of hydrogen-bond donors (Lipinski definition) is 1. The van der Waals surface area contributed by atoms with E-state index in [9.17, 15) is 0 Å². The molecule has 1 aromatic carbocycles. The number of fused-ring (bicyclic) bond motifs is 1. The van der Waals surface area contributed by atoms with E-state index >= 15 is 0 Å². The standard InChI is InChI=1S/C12H13NO/c1-2-7-14-10-4-5-11-9(8-10)3-6-12(11)13/h1,4-5,8,12H,3,6-7,13H2. The van der Waals surface area contributed by atoms with Gasteiger partial charge >= 0.3 is 0 Å². The van der Waals surface area contributed by atoms with E-state index in [4.69, 9.17) is 16.9 Å². The molecule has 2 heteroatoms. The topological polar surface area (TPSA) is 35.2 Å². The summed E-state index contributed by atoms with van der Waals surface area (Å²) in [5.74, 6) is 3.29. The number of rotatable bonds is 2. The van der Waals surface area contributed by atoms with Gasteiger partial charge in [-0.2, -0.15) is 0 Å². The summed E-state index contributed by atoms with van der Waals surface area (Å²) in [5.41, 5.74) is 8.47. The molecule has 0 fully saturated rings. The summed E-state index contributed by atoms with van der Waals surface area (Å²) >= 11 is 0. The molecule has 0 amide bonds. The van der Waals surface area contributed by atoms with Crippen molar-refractivity contribution in [3.63, 3.8) is 0 Å². The molecular weight excluding hydrogens is 174 g/mol. The summed E-state index contributed by atoms with van der Waals surface area (Å²) in [4.78, 5) is 0. The third kappa shape index (κ3) is 1.59. The Morgan fingerprint density at radius 2 is 2.43 bits per heavy atom. The Bertz CT molecular complexity index is 378. The molecule has 14 heavy (non-hydrogen) atoms. The Morgan fingerprint density at radius 3 is 3.21 bits per heavy atom. The predicted octanol–water partition coefficient (Wildman–Crippen LogP) is 1.64. The summed E-state index contributed by atoms with van der Waals surface area (Å²) in [6.07, 6.45) is 7.20. The van der Waals surface area contributed by atoms with Crippen LogP contribution in [-0.2, 0) is 6.42 Å². The van der Waals surface area contributed by atoms with E-state index < -0.39 is 0 Å². The average Bonchev–Trinajstić information content (AvgIpc) is 2.57. The molecule has 2 rings (SSSR count). The molecule has 1 unspecified atom stereocenters. The van der Waals surface area contributed by atoms with Crippen molar-refractivity contribution in [1.82, 2.24) is 0 Å². The van der Waals surface area contributed by atoms with Crippen molar-refractivity contribution in [2.75, 3.05) is 6.61 Å². The molecule has 0 heterocycles. The molecule has 0 aromatic heterocycles. The minimum absolute atomic E-state index is 0.201. The van der Waals surface area contributed by atoms with Crippen molar-refractivity contribution in [3.05, 3.63) is 29.3 Å². The summed E-state index contributed by atoms with van der Waals surface area (Å²) in [6.45, 7) is 0.324. The fourth-order valence-electron chi connectivity index (χ4n) is 1.84. The van der Waals surface area contributed by atoms with E-state index in [1.807, 2.05) is 18.2 Å². The van der Waals surface area contributed by atoms with Crippen molar-refractivity contribution in [2.24, 2.45) is 5.73 Å². The lowest BCUT2D eigenvalue weighted by Gasteiger charge is -2.07. The second-order valence-electron chi connectivity index (χ2n) is 3.50. The molecule has 0 radical (unpaired) electrons. The zero-order chi connectivity index (χ0) is 9.97. The lowest BCUT2D eigenvalue weighted by atomic mass is 10.1. The van der Waals surface area contributed by atoms with E-state index in [1.165, 1.54) is 11.1 Å². The van der Waals surface area contributed by atoms with Gasteiger partial charge < -0.3 is 10.5 Å². The maximum Gasteiger partial charge on any atom is 0.148 e. The zero-order valence-corrected chi connectivity index (χ0v) is 7.99. The molecule has 0 saturated carbocycles. The molecular formula is C12H13NO. The van der Waals surface area contributed by atoms with Gasteiger partial charge in [0.1, 0.15) is 12.4 Å². The fraction of sp³-hybridized carbons (Fsp3) is 0.333. The van der Waals surface area contributed by atoms with Gasteiger partial charge in [0.15, 0.2) is 0 Å². The van der Waals surface area contributed by atoms with Gasteiger partial charge in [0.25, 0.3) is 0 Å². The van der Waals surface area contributed by atoms with Gasteiger partial charge in [0.2, 0.25) is 0 Å². The van der Waals surface area contributed by atoms with Gasteiger partial charge in [-0.15, -0.1) is 6.42 Å². The van der Waals surface area contributed by atoms with E-state index in [1.54, 1.807) is 0 Å². The maximum atomic E-state index is 5.92. The van der Waals surface area contributed by atoms with Crippen LogP contribution in [0.15, 0.2) is 18.2 Å². The lowest BCUT2D eigenvalue weighted by molar-refractivity contribution is 0.370. The number of hydrogen-bond acceptors (Lipinski definition) is 2. The van der Waals surface area contributed by atoms with Crippen molar-refractivity contribution in [2.45, 2.75) is 18.9 Å². The Morgan fingerprint density at radius 1 is 1.57 bits per heavy atom. The van der Waals surface area contributed by atoms with Gasteiger partial charge in [0.05, 0.1) is 0 Å². The quantitative estimate of drug-likeness (QED) is 0.714.